The van der Waals surface area contributed by atoms with Crippen molar-refractivity contribution in [2.45, 2.75) is 13.8 Å². The van der Waals surface area contributed by atoms with Crippen molar-refractivity contribution in [2.24, 2.45) is 0 Å². The van der Waals surface area contributed by atoms with Gasteiger partial charge in [0.25, 0.3) is 0 Å². The van der Waals surface area contributed by atoms with Crippen LogP contribution in [0.2, 0.25) is 0 Å². The Morgan fingerprint density at radius 3 is 2.75 bits per heavy atom. The zero-order chi connectivity index (χ0) is 12.0. The normalized spacial score (nSPS) is 11.6. The van der Waals surface area contributed by atoms with Crippen LogP contribution in [0, 0.1) is 23.5 Å². The van der Waals surface area contributed by atoms with Gasteiger partial charge in [0.2, 0.25) is 0 Å². The third kappa shape index (κ3) is 3.12. The summed E-state index contributed by atoms with van der Waals surface area (Å²) >= 11 is 0. The Morgan fingerprint density at radius 1 is 1.50 bits per heavy atom. The van der Waals surface area contributed by atoms with Gasteiger partial charge in [-0.15, -0.1) is 0 Å². The van der Waals surface area contributed by atoms with Crippen molar-refractivity contribution in [1.29, 1.82) is 5.26 Å². The fourth-order valence-electron chi connectivity index (χ4n) is 1.05. The Bertz CT molecular complexity index is 473. The summed E-state index contributed by atoms with van der Waals surface area (Å²) in [6, 6.07) is 9.52. The second-order valence-corrected chi connectivity index (χ2v) is 3.38. The van der Waals surface area contributed by atoms with Gasteiger partial charge in [0.15, 0.2) is 0 Å². The van der Waals surface area contributed by atoms with Crippen LogP contribution >= 0.6 is 0 Å². The fraction of sp³-hybridized carbons (Fsp3) is 0.143. The maximum Gasteiger partial charge on any atom is 0.116 e. The lowest BCUT2D eigenvalue weighted by atomic mass is 10.1. The number of rotatable bonds is 3. The van der Waals surface area contributed by atoms with Crippen molar-refractivity contribution in [3.63, 3.8) is 0 Å². The van der Waals surface area contributed by atoms with E-state index in [1.54, 1.807) is 25.3 Å². The first-order valence-corrected chi connectivity index (χ1v) is 4.84. The van der Waals surface area contributed by atoms with Crippen LogP contribution in [0.3, 0.4) is 0 Å². The maximum absolute atomic E-state index is 8.84. The monoisotopic (exact) mass is 208 g/mol. The molecule has 2 heteroatoms. The van der Waals surface area contributed by atoms with E-state index in [4.69, 9.17) is 5.26 Å². The zero-order valence-electron chi connectivity index (χ0n) is 9.41. The summed E-state index contributed by atoms with van der Waals surface area (Å²) in [5.74, 6) is 0. The molecule has 0 saturated carbocycles. The van der Waals surface area contributed by atoms with E-state index in [0.717, 1.165) is 16.8 Å². The van der Waals surface area contributed by atoms with E-state index in [-0.39, 0.29) is 0 Å². The molecule has 2 nitrogen and oxygen atoms in total. The van der Waals surface area contributed by atoms with Crippen LogP contribution in [0.25, 0.3) is 5.57 Å². The van der Waals surface area contributed by atoms with Gasteiger partial charge < -0.3 is 0 Å². The Hall–Kier alpha value is -2.32. The molecular formula is C14H12N2. The van der Waals surface area contributed by atoms with Gasteiger partial charge in [-0.3, -0.25) is 0 Å². The van der Waals surface area contributed by atoms with E-state index >= 15 is 0 Å². The Kier molecular flexibility index (Phi) is 4.07. The van der Waals surface area contributed by atoms with Crippen LogP contribution < -0.4 is 0 Å². The SMILES string of the molecule is C=C(C)C(C#N)=CC=C(C)c1c#cccn1. The summed E-state index contributed by atoms with van der Waals surface area (Å²) in [6.45, 7) is 7.45. The number of nitrogens with zero attached hydrogens (tertiary/aromatic N) is 2. The minimum Gasteiger partial charge on any atom is -0.247 e. The fourth-order valence-corrected chi connectivity index (χ4v) is 1.05. The molecule has 16 heavy (non-hydrogen) atoms. The lowest BCUT2D eigenvalue weighted by molar-refractivity contribution is 1.28. The van der Waals surface area contributed by atoms with Crippen LogP contribution in [0.1, 0.15) is 19.5 Å². The van der Waals surface area contributed by atoms with E-state index < -0.39 is 0 Å². The van der Waals surface area contributed by atoms with Crippen LogP contribution in [-0.4, -0.2) is 4.98 Å². The third-order valence-electron chi connectivity index (χ3n) is 2.01. The van der Waals surface area contributed by atoms with Gasteiger partial charge in [0.1, 0.15) is 5.69 Å². The predicted octanol–water partition coefficient (Wildman–Crippen LogP) is 3.11. The summed E-state index contributed by atoms with van der Waals surface area (Å²) < 4.78 is 0. The average Bonchev–Trinajstić information content (AvgIpc) is 2.30. The first-order valence-electron chi connectivity index (χ1n) is 4.84. The molecule has 1 aromatic heterocycles. The molecule has 78 valence electrons. The van der Waals surface area contributed by atoms with E-state index in [2.05, 4.69) is 29.8 Å². The molecule has 0 atom stereocenters. The lowest BCUT2D eigenvalue weighted by Gasteiger charge is -1.95. The summed E-state index contributed by atoms with van der Waals surface area (Å²) in [7, 11) is 0. The van der Waals surface area contributed by atoms with Crippen LogP contribution in [0.5, 0.6) is 0 Å². The second kappa shape index (κ2) is 5.53. The van der Waals surface area contributed by atoms with E-state index in [1.165, 1.54) is 0 Å². The van der Waals surface area contributed by atoms with Crippen molar-refractivity contribution in [1.82, 2.24) is 4.98 Å². The summed E-state index contributed by atoms with van der Waals surface area (Å²) in [5.41, 5.74) is 2.99. The zero-order valence-corrected chi connectivity index (χ0v) is 9.41. The van der Waals surface area contributed by atoms with Crippen molar-refractivity contribution in [2.75, 3.05) is 0 Å². The van der Waals surface area contributed by atoms with Crippen LogP contribution in [0.15, 0.2) is 42.1 Å². The molecule has 0 radical (unpaired) electrons. The van der Waals surface area contributed by atoms with E-state index in [9.17, 15) is 0 Å². The first kappa shape index (κ1) is 11.8. The number of hydrogen-bond donors (Lipinski definition) is 0. The highest BCUT2D eigenvalue weighted by Gasteiger charge is 1.96. The predicted molar refractivity (Wildman–Crippen MR) is 64.1 cm³/mol. The van der Waals surface area contributed by atoms with Gasteiger partial charge in [-0.25, -0.2) is 4.98 Å². The molecule has 1 heterocycles. The molecule has 1 rings (SSSR count). The van der Waals surface area contributed by atoms with Crippen LogP contribution in [0.4, 0.5) is 0 Å². The highest BCUT2D eigenvalue weighted by molar-refractivity contribution is 5.62. The summed E-state index contributed by atoms with van der Waals surface area (Å²) in [4.78, 5) is 4.14. The van der Waals surface area contributed by atoms with Crippen LogP contribution in [-0.2, 0) is 0 Å². The lowest BCUT2D eigenvalue weighted by Crippen LogP contribution is -1.83. The van der Waals surface area contributed by atoms with Crippen molar-refractivity contribution >= 4 is 5.57 Å². The number of aromatic nitrogens is 1. The van der Waals surface area contributed by atoms with Crippen molar-refractivity contribution in [3.8, 4) is 6.07 Å². The number of hydrogen-bond acceptors (Lipinski definition) is 2. The van der Waals surface area contributed by atoms with Gasteiger partial charge in [-0.05, 0) is 37.1 Å². The molecule has 0 unspecified atom stereocenters. The molecule has 0 amide bonds. The minimum absolute atomic E-state index is 0.569. The molecule has 0 N–H and O–H groups in total. The topological polar surface area (TPSA) is 36.7 Å². The highest BCUT2D eigenvalue weighted by atomic mass is 14.7. The van der Waals surface area contributed by atoms with E-state index in [0.29, 0.717) is 5.57 Å². The van der Waals surface area contributed by atoms with E-state index in [1.807, 2.05) is 13.0 Å². The quantitative estimate of drug-likeness (QED) is 0.565. The smallest absolute Gasteiger partial charge is 0.116 e. The first-order chi connectivity index (χ1) is 7.65. The van der Waals surface area contributed by atoms with Gasteiger partial charge in [-0.2, -0.15) is 5.26 Å². The summed E-state index contributed by atoms with van der Waals surface area (Å²) in [6.07, 6.45) is 5.23. The average molecular weight is 208 g/mol. The Labute approximate surface area is 96.3 Å². The van der Waals surface area contributed by atoms with Gasteiger partial charge in [0, 0.05) is 12.3 Å². The third-order valence-corrected chi connectivity index (χ3v) is 2.01. The molecule has 0 aromatic carbocycles. The highest BCUT2D eigenvalue weighted by Crippen LogP contribution is 2.10. The van der Waals surface area contributed by atoms with Crippen molar-refractivity contribution in [3.05, 3.63) is 60.0 Å². The molecule has 0 aliphatic rings. The molecule has 0 aliphatic carbocycles. The van der Waals surface area contributed by atoms with Gasteiger partial charge >= 0.3 is 0 Å². The molecular weight excluding hydrogens is 196 g/mol. The minimum atomic E-state index is 0.569. The maximum atomic E-state index is 8.84. The summed E-state index contributed by atoms with van der Waals surface area (Å²) in [5, 5.41) is 8.84. The number of allylic oxidation sites excluding steroid dienone is 5. The standard InChI is InChI=1S/C14H12N2/c1-11(2)13(10-15)8-7-12(3)14-6-4-5-9-16-14/h5,7-9H,1H2,2-3H3. The van der Waals surface area contributed by atoms with Gasteiger partial charge in [0.05, 0.1) is 11.6 Å². The molecule has 0 aliphatic heterocycles. The molecule has 0 saturated heterocycles. The molecule has 0 fully saturated rings. The molecule has 0 bridgehead atoms. The molecule has 0 spiro atoms. The largest absolute Gasteiger partial charge is 0.247 e. The Balaban J connectivity index is 2.95. The number of nitriles is 1. The second-order valence-electron chi connectivity index (χ2n) is 3.38. The molecule has 1 aromatic rings. The Morgan fingerprint density at radius 2 is 2.25 bits per heavy atom. The van der Waals surface area contributed by atoms with Gasteiger partial charge in [-0.1, -0.05) is 18.7 Å². The van der Waals surface area contributed by atoms with Crippen molar-refractivity contribution < 1.29 is 0 Å².